The highest BCUT2D eigenvalue weighted by atomic mass is 19.1. The molecule has 152 valence electrons. The highest BCUT2D eigenvalue weighted by Gasteiger charge is 2.20. The number of ether oxygens (including phenoxy) is 2. The minimum absolute atomic E-state index is 0.0545. The van der Waals surface area contributed by atoms with Crippen molar-refractivity contribution in [3.63, 3.8) is 0 Å². The number of nitrogens with one attached hydrogen (secondary N) is 3. The third kappa shape index (κ3) is 5.22. The second-order valence-electron chi connectivity index (χ2n) is 7.32. The zero-order valence-electron chi connectivity index (χ0n) is 16.1. The van der Waals surface area contributed by atoms with Crippen molar-refractivity contribution in [2.24, 2.45) is 0 Å². The fraction of sp³-hybridized carbons (Fsp3) is 0.250. The molecule has 0 saturated heterocycles. The number of carbonyl (C=O) groups excluding carboxylic acids is 3. The van der Waals surface area contributed by atoms with E-state index in [-0.39, 0.29) is 29.5 Å². The lowest BCUT2D eigenvalue weighted by molar-refractivity contribution is -0.118. The summed E-state index contributed by atoms with van der Waals surface area (Å²) in [5.41, 5.74) is 0.0770. The van der Waals surface area contributed by atoms with Crippen molar-refractivity contribution >= 4 is 35.0 Å². The number of fused-ring (bicyclic) bond motifs is 1. The Morgan fingerprint density at radius 3 is 2.59 bits per heavy atom. The molecule has 0 aromatic heterocycles. The average Bonchev–Trinajstić information content (AvgIpc) is 2.61. The molecule has 0 spiro atoms. The first-order valence-electron chi connectivity index (χ1n) is 8.78. The second-order valence-corrected chi connectivity index (χ2v) is 7.32. The molecule has 29 heavy (non-hydrogen) atoms. The van der Waals surface area contributed by atoms with E-state index in [0.717, 1.165) is 12.1 Å². The molecule has 0 aliphatic carbocycles. The van der Waals surface area contributed by atoms with Crippen LogP contribution in [0, 0.1) is 5.82 Å². The van der Waals surface area contributed by atoms with Gasteiger partial charge in [0.1, 0.15) is 17.2 Å². The van der Waals surface area contributed by atoms with Crippen LogP contribution in [0.2, 0.25) is 0 Å². The summed E-state index contributed by atoms with van der Waals surface area (Å²) in [6, 6.07) is 8.04. The van der Waals surface area contributed by atoms with Gasteiger partial charge in [0.05, 0.1) is 17.1 Å². The Labute approximate surface area is 166 Å². The number of benzene rings is 2. The summed E-state index contributed by atoms with van der Waals surface area (Å²) in [6.07, 6.45) is -0.742. The van der Waals surface area contributed by atoms with Gasteiger partial charge in [-0.05, 0) is 57.2 Å². The summed E-state index contributed by atoms with van der Waals surface area (Å²) in [5.74, 6) is -1.05. The Hall–Kier alpha value is -3.62. The predicted octanol–water partition coefficient (Wildman–Crippen LogP) is 3.76. The van der Waals surface area contributed by atoms with Gasteiger partial charge in [0.25, 0.3) is 11.8 Å². The Morgan fingerprint density at radius 1 is 1.10 bits per heavy atom. The van der Waals surface area contributed by atoms with Crippen LogP contribution in [0.3, 0.4) is 0 Å². The van der Waals surface area contributed by atoms with Crippen molar-refractivity contribution in [3.05, 3.63) is 47.8 Å². The first kappa shape index (κ1) is 20.1. The normalized spacial score (nSPS) is 12.9. The zero-order valence-corrected chi connectivity index (χ0v) is 16.1. The molecule has 1 aliphatic heterocycles. The van der Waals surface area contributed by atoms with Crippen molar-refractivity contribution in [1.82, 2.24) is 0 Å². The monoisotopic (exact) mass is 401 g/mol. The summed E-state index contributed by atoms with van der Waals surface area (Å²) in [7, 11) is 0. The SMILES string of the molecule is CC(C)(C)OC(=O)Nc1ccc(F)cc1NC(=O)c1ccc2c(c1)NC(=O)CO2. The molecule has 3 rings (SSSR count). The third-order valence-corrected chi connectivity index (χ3v) is 3.74. The predicted molar refractivity (Wildman–Crippen MR) is 105 cm³/mol. The van der Waals surface area contributed by atoms with Crippen LogP contribution in [0.25, 0.3) is 0 Å². The number of carbonyl (C=O) groups is 3. The molecule has 0 bridgehead atoms. The maximum atomic E-state index is 13.7. The first-order chi connectivity index (χ1) is 13.6. The second kappa shape index (κ2) is 7.78. The van der Waals surface area contributed by atoms with Crippen molar-refractivity contribution in [2.45, 2.75) is 26.4 Å². The van der Waals surface area contributed by atoms with Gasteiger partial charge in [-0.3, -0.25) is 14.9 Å². The van der Waals surface area contributed by atoms with Gasteiger partial charge in [0, 0.05) is 5.56 Å². The van der Waals surface area contributed by atoms with Crippen LogP contribution in [-0.2, 0) is 9.53 Å². The minimum Gasteiger partial charge on any atom is -0.482 e. The van der Waals surface area contributed by atoms with Gasteiger partial charge in [0.2, 0.25) is 0 Å². The number of rotatable bonds is 3. The molecular weight excluding hydrogens is 381 g/mol. The molecule has 9 heteroatoms. The van der Waals surface area contributed by atoms with Crippen LogP contribution in [0.5, 0.6) is 5.75 Å². The van der Waals surface area contributed by atoms with Gasteiger partial charge < -0.3 is 20.1 Å². The maximum absolute atomic E-state index is 13.7. The smallest absolute Gasteiger partial charge is 0.412 e. The van der Waals surface area contributed by atoms with Crippen molar-refractivity contribution in [2.75, 3.05) is 22.6 Å². The molecule has 3 N–H and O–H groups in total. The van der Waals surface area contributed by atoms with Crippen LogP contribution < -0.4 is 20.7 Å². The topological polar surface area (TPSA) is 106 Å². The lowest BCUT2D eigenvalue weighted by Crippen LogP contribution is -2.27. The molecule has 0 radical (unpaired) electrons. The van der Waals surface area contributed by atoms with Crippen LogP contribution in [0.15, 0.2) is 36.4 Å². The summed E-state index contributed by atoms with van der Waals surface area (Å²) in [4.78, 5) is 36.1. The van der Waals surface area contributed by atoms with Crippen molar-refractivity contribution < 1.29 is 28.2 Å². The maximum Gasteiger partial charge on any atom is 0.412 e. The number of hydrogen-bond acceptors (Lipinski definition) is 5. The summed E-state index contributed by atoms with van der Waals surface area (Å²) in [5, 5.41) is 7.65. The van der Waals surface area contributed by atoms with Crippen LogP contribution in [-0.4, -0.2) is 30.1 Å². The number of anilines is 3. The van der Waals surface area contributed by atoms with E-state index in [1.807, 2.05) is 0 Å². The molecule has 2 aromatic carbocycles. The van der Waals surface area contributed by atoms with Crippen molar-refractivity contribution in [3.8, 4) is 5.75 Å². The molecule has 0 saturated carbocycles. The molecule has 8 nitrogen and oxygen atoms in total. The van der Waals surface area contributed by atoms with E-state index in [4.69, 9.17) is 9.47 Å². The van der Waals surface area contributed by atoms with Gasteiger partial charge in [-0.25, -0.2) is 9.18 Å². The average molecular weight is 401 g/mol. The largest absolute Gasteiger partial charge is 0.482 e. The first-order valence-corrected chi connectivity index (χ1v) is 8.78. The van der Waals surface area contributed by atoms with Gasteiger partial charge in [-0.1, -0.05) is 0 Å². The van der Waals surface area contributed by atoms with E-state index < -0.39 is 23.4 Å². The molecule has 2 aromatic rings. The quantitative estimate of drug-likeness (QED) is 0.726. The number of halogens is 1. The van der Waals surface area contributed by atoms with E-state index in [0.29, 0.717) is 11.4 Å². The van der Waals surface area contributed by atoms with E-state index in [2.05, 4.69) is 16.0 Å². The van der Waals surface area contributed by atoms with Crippen LogP contribution in [0.1, 0.15) is 31.1 Å². The fourth-order valence-electron chi connectivity index (χ4n) is 2.56. The molecule has 0 fully saturated rings. The van der Waals surface area contributed by atoms with Gasteiger partial charge in [-0.2, -0.15) is 0 Å². The van der Waals surface area contributed by atoms with Gasteiger partial charge in [0.15, 0.2) is 6.61 Å². The van der Waals surface area contributed by atoms with E-state index in [1.54, 1.807) is 26.8 Å². The van der Waals surface area contributed by atoms with E-state index >= 15 is 0 Å². The van der Waals surface area contributed by atoms with Crippen LogP contribution >= 0.6 is 0 Å². The zero-order chi connectivity index (χ0) is 21.2. The summed E-state index contributed by atoms with van der Waals surface area (Å²) in [6.45, 7) is 5.02. The highest BCUT2D eigenvalue weighted by Crippen LogP contribution is 2.29. The van der Waals surface area contributed by atoms with Crippen molar-refractivity contribution in [1.29, 1.82) is 0 Å². The minimum atomic E-state index is -0.742. The fourth-order valence-corrected chi connectivity index (χ4v) is 2.56. The van der Waals surface area contributed by atoms with E-state index in [1.165, 1.54) is 18.2 Å². The molecule has 3 amide bonds. The molecule has 1 heterocycles. The summed E-state index contributed by atoms with van der Waals surface area (Å²) >= 11 is 0. The number of hydrogen-bond donors (Lipinski definition) is 3. The molecule has 0 unspecified atom stereocenters. The lowest BCUT2D eigenvalue weighted by Gasteiger charge is -2.21. The third-order valence-electron chi connectivity index (χ3n) is 3.74. The van der Waals surface area contributed by atoms with Gasteiger partial charge in [-0.15, -0.1) is 0 Å². The Kier molecular flexibility index (Phi) is 5.40. The van der Waals surface area contributed by atoms with Gasteiger partial charge >= 0.3 is 6.09 Å². The molecular formula is C20H20FN3O5. The Balaban J connectivity index is 1.80. The molecule has 1 aliphatic rings. The highest BCUT2D eigenvalue weighted by molar-refractivity contribution is 6.08. The van der Waals surface area contributed by atoms with Crippen LogP contribution in [0.4, 0.5) is 26.2 Å². The summed E-state index contributed by atoms with van der Waals surface area (Å²) < 4.78 is 24.1. The number of amides is 3. The molecule has 0 atom stereocenters. The standard InChI is InChI=1S/C20H20FN3O5/c1-20(2,3)29-19(27)24-13-6-5-12(21)9-14(13)23-18(26)11-4-7-16-15(8-11)22-17(25)10-28-16/h4-9H,10H2,1-3H3,(H,22,25)(H,23,26)(H,24,27). The Bertz CT molecular complexity index is 985. The lowest BCUT2D eigenvalue weighted by atomic mass is 10.1. The van der Waals surface area contributed by atoms with E-state index in [9.17, 15) is 18.8 Å². The Morgan fingerprint density at radius 2 is 1.86 bits per heavy atom.